The molecule has 0 saturated heterocycles. The Morgan fingerprint density at radius 3 is 1.60 bits per heavy atom. The van der Waals surface area contributed by atoms with Crippen LogP contribution in [0.4, 0.5) is 0 Å². The van der Waals surface area contributed by atoms with E-state index in [1.807, 2.05) is 24.3 Å². The summed E-state index contributed by atoms with van der Waals surface area (Å²) in [5.74, 6) is 0.180. The average Bonchev–Trinajstić information content (AvgIpc) is 3.20. The third kappa shape index (κ3) is 12.8. The molecular weight excluding hydrogens is 506 g/mol. The molecule has 0 bridgehead atoms. The van der Waals surface area contributed by atoms with E-state index in [0.29, 0.717) is 37.3 Å². The van der Waals surface area contributed by atoms with Crippen molar-refractivity contribution >= 4 is 17.9 Å². The van der Waals surface area contributed by atoms with Crippen LogP contribution in [0.1, 0.15) is 90.7 Å². The summed E-state index contributed by atoms with van der Waals surface area (Å²) in [5.41, 5.74) is 10.4. The molecule has 3 rings (SSSR count). The molecular formula is C33H49NO6. The highest BCUT2D eigenvalue weighted by Crippen LogP contribution is 2.44. The van der Waals surface area contributed by atoms with Crippen LogP contribution in [0.2, 0.25) is 0 Å². The van der Waals surface area contributed by atoms with Gasteiger partial charge in [0.1, 0.15) is 6.61 Å². The highest BCUT2D eigenvalue weighted by Gasteiger charge is 2.28. The van der Waals surface area contributed by atoms with E-state index in [1.165, 1.54) is 29.2 Å². The molecule has 0 heterocycles. The molecule has 7 nitrogen and oxygen atoms in total. The van der Waals surface area contributed by atoms with Crippen molar-refractivity contribution in [3.8, 4) is 11.1 Å². The largest absolute Gasteiger partial charge is 0.481 e. The zero-order valence-electron chi connectivity index (χ0n) is 25.1. The third-order valence-corrected chi connectivity index (χ3v) is 6.86. The van der Waals surface area contributed by atoms with Gasteiger partial charge < -0.3 is 20.7 Å². The van der Waals surface area contributed by atoms with E-state index in [1.54, 1.807) is 0 Å². The number of benzene rings is 2. The molecule has 0 aliphatic heterocycles. The fourth-order valence-corrected chi connectivity index (χ4v) is 5.12. The highest BCUT2D eigenvalue weighted by atomic mass is 16.5. The van der Waals surface area contributed by atoms with Crippen molar-refractivity contribution in [2.24, 2.45) is 29.4 Å². The van der Waals surface area contributed by atoms with Crippen molar-refractivity contribution < 1.29 is 29.3 Å². The number of nitrogens with two attached hydrogens (primary N) is 1. The highest BCUT2D eigenvalue weighted by molar-refractivity contribution is 5.79. The Labute approximate surface area is 240 Å². The zero-order valence-corrected chi connectivity index (χ0v) is 25.1. The molecule has 2 aromatic carbocycles. The van der Waals surface area contributed by atoms with Crippen molar-refractivity contribution in [2.45, 2.75) is 79.6 Å². The molecule has 0 radical (unpaired) electrons. The Balaban J connectivity index is 0.000000320. The van der Waals surface area contributed by atoms with Crippen LogP contribution in [0.15, 0.2) is 48.5 Å². The second kappa shape index (κ2) is 18.2. The SMILES string of the molecule is CC(=O)OCC1c2ccccc2-c2ccccc21.CC(C)C[C@H](CN)CC(=O)O.CC[C@H](CC(=O)O)CC(C)C. The molecule has 0 amide bonds. The number of hydrogen-bond acceptors (Lipinski definition) is 5. The predicted octanol–water partition coefficient (Wildman–Crippen LogP) is 6.98. The minimum absolute atomic E-state index is 0.146. The van der Waals surface area contributed by atoms with E-state index < -0.39 is 11.9 Å². The van der Waals surface area contributed by atoms with Gasteiger partial charge in [-0.05, 0) is 65.3 Å². The predicted molar refractivity (Wildman–Crippen MR) is 160 cm³/mol. The quantitative estimate of drug-likeness (QED) is 0.241. The Kier molecular flexibility index (Phi) is 15.9. The molecule has 0 unspecified atom stereocenters. The Bertz CT molecular complexity index is 989. The first-order valence-corrected chi connectivity index (χ1v) is 14.3. The Morgan fingerprint density at radius 2 is 1.23 bits per heavy atom. The first kappa shape index (κ1) is 34.8. The molecule has 1 aliphatic carbocycles. The van der Waals surface area contributed by atoms with Gasteiger partial charge in [0.05, 0.1) is 0 Å². The molecule has 40 heavy (non-hydrogen) atoms. The van der Waals surface area contributed by atoms with Crippen LogP contribution >= 0.6 is 0 Å². The van der Waals surface area contributed by atoms with Crippen molar-refractivity contribution in [3.63, 3.8) is 0 Å². The van der Waals surface area contributed by atoms with Gasteiger partial charge in [-0.2, -0.15) is 0 Å². The maximum Gasteiger partial charge on any atom is 0.303 e. The zero-order chi connectivity index (χ0) is 30.2. The molecule has 0 saturated carbocycles. The fraction of sp³-hybridized carbons (Fsp3) is 0.545. The molecule has 7 heteroatoms. The summed E-state index contributed by atoms with van der Waals surface area (Å²) in [7, 11) is 0. The van der Waals surface area contributed by atoms with E-state index in [-0.39, 0.29) is 24.2 Å². The standard InChI is InChI=1S/C16H14O2.C9H18O2.C8H17NO2/c1-11(17)18-10-16-14-8-4-2-6-12(14)13-7-3-5-9-15(13)16;1-4-8(5-7(2)3)6-9(10)11;1-6(2)3-7(5-9)4-8(10)11/h2-9,16H,10H2,1H3;7-8H,4-6H2,1-3H3,(H,10,11);6-7H,3-5,9H2,1-2H3,(H,10,11)/t;8-;7-/m.00/s1. The van der Waals surface area contributed by atoms with Gasteiger partial charge in [-0.25, -0.2) is 0 Å². The summed E-state index contributed by atoms with van der Waals surface area (Å²) < 4.78 is 5.20. The van der Waals surface area contributed by atoms with Gasteiger partial charge in [0.25, 0.3) is 0 Å². The minimum Gasteiger partial charge on any atom is -0.481 e. The van der Waals surface area contributed by atoms with Crippen LogP contribution < -0.4 is 5.73 Å². The normalized spacial score (nSPS) is 13.2. The van der Waals surface area contributed by atoms with Crippen LogP contribution in [0, 0.1) is 23.7 Å². The summed E-state index contributed by atoms with van der Waals surface area (Å²) in [4.78, 5) is 31.6. The number of carbonyl (C=O) groups excluding carboxylic acids is 1. The van der Waals surface area contributed by atoms with E-state index >= 15 is 0 Å². The lowest BCUT2D eigenvalue weighted by Gasteiger charge is -2.13. The fourth-order valence-electron chi connectivity index (χ4n) is 5.12. The van der Waals surface area contributed by atoms with Crippen molar-refractivity contribution in [3.05, 3.63) is 59.7 Å². The van der Waals surface area contributed by atoms with Gasteiger partial charge >= 0.3 is 17.9 Å². The topological polar surface area (TPSA) is 127 Å². The van der Waals surface area contributed by atoms with E-state index in [9.17, 15) is 14.4 Å². The second-order valence-corrected chi connectivity index (χ2v) is 11.4. The van der Waals surface area contributed by atoms with Crippen LogP contribution in [0.25, 0.3) is 11.1 Å². The molecule has 222 valence electrons. The second-order valence-electron chi connectivity index (χ2n) is 11.4. The summed E-state index contributed by atoms with van der Waals surface area (Å²) >= 11 is 0. The molecule has 0 aromatic heterocycles. The average molecular weight is 556 g/mol. The van der Waals surface area contributed by atoms with Gasteiger partial charge in [0.15, 0.2) is 0 Å². The smallest absolute Gasteiger partial charge is 0.303 e. The van der Waals surface area contributed by atoms with Crippen LogP contribution in [-0.2, 0) is 19.1 Å². The number of hydrogen-bond donors (Lipinski definition) is 3. The van der Waals surface area contributed by atoms with Crippen LogP contribution in [0.3, 0.4) is 0 Å². The van der Waals surface area contributed by atoms with Crippen LogP contribution in [-0.4, -0.2) is 41.3 Å². The van der Waals surface area contributed by atoms with Crippen molar-refractivity contribution in [2.75, 3.05) is 13.2 Å². The maximum absolute atomic E-state index is 11.0. The third-order valence-electron chi connectivity index (χ3n) is 6.86. The van der Waals surface area contributed by atoms with Gasteiger partial charge in [-0.3, -0.25) is 14.4 Å². The first-order valence-electron chi connectivity index (χ1n) is 14.3. The summed E-state index contributed by atoms with van der Waals surface area (Å²) in [6.07, 6.45) is 3.44. The van der Waals surface area contributed by atoms with Crippen LogP contribution in [0.5, 0.6) is 0 Å². The molecule has 1 aliphatic rings. The number of carboxylic acid groups (broad SMARTS) is 2. The van der Waals surface area contributed by atoms with Crippen molar-refractivity contribution in [1.29, 1.82) is 0 Å². The lowest BCUT2D eigenvalue weighted by molar-refractivity contribution is -0.141. The number of fused-ring (bicyclic) bond motifs is 3. The van der Waals surface area contributed by atoms with Gasteiger partial charge in [0.2, 0.25) is 0 Å². The number of rotatable bonds is 12. The summed E-state index contributed by atoms with van der Waals surface area (Å²) in [5, 5.41) is 17.0. The summed E-state index contributed by atoms with van der Waals surface area (Å²) in [6.45, 7) is 12.8. The maximum atomic E-state index is 11.0. The monoisotopic (exact) mass is 555 g/mol. The lowest BCUT2D eigenvalue weighted by Crippen LogP contribution is -2.19. The molecule has 0 fully saturated rings. The molecule has 2 aromatic rings. The Morgan fingerprint density at radius 1 is 0.800 bits per heavy atom. The van der Waals surface area contributed by atoms with E-state index in [2.05, 4.69) is 58.9 Å². The van der Waals surface area contributed by atoms with Crippen molar-refractivity contribution in [1.82, 2.24) is 0 Å². The van der Waals surface area contributed by atoms with Gasteiger partial charge in [0, 0.05) is 25.7 Å². The van der Waals surface area contributed by atoms with E-state index in [4.69, 9.17) is 20.7 Å². The Hall–Kier alpha value is -3.19. The number of esters is 1. The number of ether oxygens (including phenoxy) is 1. The number of carbonyl (C=O) groups is 3. The molecule has 2 atom stereocenters. The molecule has 4 N–H and O–H groups in total. The van der Waals surface area contributed by atoms with Gasteiger partial charge in [-0.15, -0.1) is 0 Å². The summed E-state index contributed by atoms with van der Waals surface area (Å²) in [6, 6.07) is 16.6. The number of aliphatic carboxylic acids is 2. The first-order chi connectivity index (χ1) is 18.9. The lowest BCUT2D eigenvalue weighted by atomic mass is 9.92. The number of carboxylic acids is 2. The van der Waals surface area contributed by atoms with Gasteiger partial charge in [-0.1, -0.05) is 89.6 Å². The molecule has 0 spiro atoms. The minimum atomic E-state index is -0.749. The van der Waals surface area contributed by atoms with E-state index in [0.717, 1.165) is 19.3 Å².